The first-order valence-corrected chi connectivity index (χ1v) is 8.56. The van der Waals surface area contributed by atoms with Gasteiger partial charge in [0.2, 0.25) is 0 Å². The van der Waals surface area contributed by atoms with E-state index in [1.807, 2.05) is 19.1 Å². The highest BCUT2D eigenvalue weighted by atomic mass is 35.5. The topological polar surface area (TPSA) is 46.0 Å². The summed E-state index contributed by atoms with van der Waals surface area (Å²) in [6.07, 6.45) is 0. The zero-order chi connectivity index (χ0) is 15.0. The van der Waals surface area contributed by atoms with E-state index < -0.39 is 0 Å². The highest BCUT2D eigenvalue weighted by Gasteiger charge is 2.13. The van der Waals surface area contributed by atoms with E-state index in [9.17, 15) is 5.11 Å². The second-order valence-corrected chi connectivity index (χ2v) is 7.29. The third-order valence-electron chi connectivity index (χ3n) is 3.22. The summed E-state index contributed by atoms with van der Waals surface area (Å²) in [5.41, 5.74) is 1.16. The Morgan fingerprint density at radius 3 is 2.86 bits per heavy atom. The minimum absolute atomic E-state index is 0.263. The maximum Gasteiger partial charge on any atom is 0.142 e. The molecule has 0 bridgehead atoms. The molecular formula is C15H13ClN2OS2. The van der Waals surface area contributed by atoms with Crippen LogP contribution >= 0.6 is 34.7 Å². The molecule has 0 aliphatic rings. The van der Waals surface area contributed by atoms with Gasteiger partial charge in [0.05, 0.1) is 11.1 Å². The molecule has 0 saturated heterocycles. The normalized spacial score (nSPS) is 11.2. The van der Waals surface area contributed by atoms with Crippen LogP contribution in [-0.4, -0.2) is 15.1 Å². The minimum atomic E-state index is 0.263. The zero-order valence-electron chi connectivity index (χ0n) is 11.6. The maximum absolute atomic E-state index is 9.46. The van der Waals surface area contributed by atoms with Crippen molar-refractivity contribution in [1.29, 1.82) is 0 Å². The monoisotopic (exact) mass is 336 g/mol. The van der Waals surface area contributed by atoms with Crippen LogP contribution in [0.15, 0.2) is 29.2 Å². The van der Waals surface area contributed by atoms with E-state index in [1.165, 1.54) is 4.88 Å². The lowest BCUT2D eigenvalue weighted by Gasteiger charge is -2.03. The average molecular weight is 337 g/mol. The highest BCUT2D eigenvalue weighted by Crippen LogP contribution is 2.34. The molecule has 0 amide bonds. The number of aryl methyl sites for hydroxylation is 2. The van der Waals surface area contributed by atoms with Crippen molar-refractivity contribution >= 4 is 44.9 Å². The van der Waals surface area contributed by atoms with Crippen LogP contribution in [0.25, 0.3) is 10.2 Å². The molecule has 6 heteroatoms. The summed E-state index contributed by atoms with van der Waals surface area (Å²) in [6, 6.07) is 7.15. The lowest BCUT2D eigenvalue weighted by atomic mass is 10.2. The number of thioether (sulfide) groups is 1. The fraction of sp³-hybridized carbons (Fsp3) is 0.200. The highest BCUT2D eigenvalue weighted by molar-refractivity contribution is 7.98. The van der Waals surface area contributed by atoms with E-state index in [1.54, 1.807) is 35.2 Å². The molecule has 0 atom stereocenters. The third-order valence-corrected chi connectivity index (χ3v) is 5.58. The Hall–Kier alpha value is -1.30. The van der Waals surface area contributed by atoms with Crippen LogP contribution in [0.2, 0.25) is 5.15 Å². The third kappa shape index (κ3) is 3.00. The van der Waals surface area contributed by atoms with E-state index in [0.717, 1.165) is 20.7 Å². The zero-order valence-corrected chi connectivity index (χ0v) is 13.9. The van der Waals surface area contributed by atoms with Crippen LogP contribution < -0.4 is 0 Å². The Balaban J connectivity index is 1.88. The number of thiophene rings is 1. The number of hydrogen-bond acceptors (Lipinski definition) is 5. The quantitative estimate of drug-likeness (QED) is 0.542. The second-order valence-electron chi connectivity index (χ2n) is 4.68. The first kappa shape index (κ1) is 14.6. The van der Waals surface area contributed by atoms with Crippen molar-refractivity contribution in [3.63, 3.8) is 0 Å². The second kappa shape index (κ2) is 5.83. The number of nitrogens with zero attached hydrogens (tertiary/aromatic N) is 2. The van der Waals surface area contributed by atoms with Crippen LogP contribution in [0, 0.1) is 13.8 Å². The molecule has 1 N–H and O–H groups in total. The first-order valence-electron chi connectivity index (χ1n) is 6.38. The minimum Gasteiger partial charge on any atom is -0.508 e. The van der Waals surface area contributed by atoms with Gasteiger partial charge in [0.25, 0.3) is 0 Å². The smallest absolute Gasteiger partial charge is 0.142 e. The van der Waals surface area contributed by atoms with Gasteiger partial charge in [-0.25, -0.2) is 9.97 Å². The van der Waals surface area contributed by atoms with Crippen molar-refractivity contribution in [3.05, 3.63) is 45.7 Å². The fourth-order valence-electron chi connectivity index (χ4n) is 2.03. The molecule has 2 heterocycles. The molecule has 21 heavy (non-hydrogen) atoms. The van der Waals surface area contributed by atoms with E-state index in [-0.39, 0.29) is 5.75 Å². The number of aromatic hydroxyl groups is 1. The summed E-state index contributed by atoms with van der Waals surface area (Å²) >= 11 is 9.52. The standard InChI is InChI=1S/C15H13ClN2OS2/c1-8-9(2)21-15-13(8)14(16)17-12(18-15)7-20-11-5-3-4-10(19)6-11/h3-6,19H,7H2,1-2H3. The van der Waals surface area contributed by atoms with Gasteiger partial charge in [-0.15, -0.1) is 23.1 Å². The summed E-state index contributed by atoms with van der Waals surface area (Å²) in [6.45, 7) is 4.11. The van der Waals surface area contributed by atoms with Crippen LogP contribution in [0.3, 0.4) is 0 Å². The van der Waals surface area contributed by atoms with Gasteiger partial charge >= 0.3 is 0 Å². The van der Waals surface area contributed by atoms with Gasteiger partial charge in [-0.3, -0.25) is 0 Å². The van der Waals surface area contributed by atoms with Crippen molar-refractivity contribution in [2.24, 2.45) is 0 Å². The molecule has 2 aromatic heterocycles. The molecule has 3 nitrogen and oxygen atoms in total. The van der Waals surface area contributed by atoms with Gasteiger partial charge in [-0.05, 0) is 37.6 Å². The summed E-state index contributed by atoms with van der Waals surface area (Å²) in [5.74, 6) is 1.59. The number of hydrogen-bond donors (Lipinski definition) is 1. The molecular weight excluding hydrogens is 324 g/mol. The molecule has 0 radical (unpaired) electrons. The number of benzene rings is 1. The molecule has 0 aliphatic heterocycles. The molecule has 0 aliphatic carbocycles. The van der Waals surface area contributed by atoms with Crippen molar-refractivity contribution in [3.8, 4) is 5.75 Å². The Kier molecular flexibility index (Phi) is 4.06. The van der Waals surface area contributed by atoms with Crippen molar-refractivity contribution in [1.82, 2.24) is 9.97 Å². The van der Waals surface area contributed by atoms with Crippen LogP contribution in [0.4, 0.5) is 0 Å². The van der Waals surface area contributed by atoms with Gasteiger partial charge in [0.15, 0.2) is 0 Å². The maximum atomic E-state index is 9.46. The number of fused-ring (bicyclic) bond motifs is 1. The molecule has 0 unspecified atom stereocenters. The van der Waals surface area contributed by atoms with Crippen molar-refractivity contribution in [2.75, 3.05) is 0 Å². The Bertz CT molecular complexity index is 817. The van der Waals surface area contributed by atoms with Gasteiger partial charge in [0.1, 0.15) is 21.6 Å². The van der Waals surface area contributed by atoms with E-state index in [4.69, 9.17) is 11.6 Å². The van der Waals surface area contributed by atoms with E-state index in [2.05, 4.69) is 16.9 Å². The van der Waals surface area contributed by atoms with Gasteiger partial charge < -0.3 is 5.11 Å². The number of aromatic nitrogens is 2. The van der Waals surface area contributed by atoms with Gasteiger partial charge in [-0.1, -0.05) is 17.7 Å². The van der Waals surface area contributed by atoms with Gasteiger partial charge in [-0.2, -0.15) is 0 Å². The lowest BCUT2D eigenvalue weighted by molar-refractivity contribution is 0.474. The molecule has 0 spiro atoms. The molecule has 108 valence electrons. The summed E-state index contributed by atoms with van der Waals surface area (Å²) < 4.78 is 0. The predicted molar refractivity (Wildman–Crippen MR) is 89.6 cm³/mol. The van der Waals surface area contributed by atoms with Crippen LogP contribution in [0.5, 0.6) is 5.75 Å². The molecule has 3 aromatic rings. The molecule has 3 rings (SSSR count). The van der Waals surface area contributed by atoms with Crippen molar-refractivity contribution < 1.29 is 5.11 Å². The molecule has 0 fully saturated rings. The number of phenols is 1. The predicted octanol–water partition coefficient (Wildman–Crippen LogP) is 4.96. The average Bonchev–Trinajstić information content (AvgIpc) is 2.72. The lowest BCUT2D eigenvalue weighted by Crippen LogP contribution is -1.93. The molecule has 1 aromatic carbocycles. The SMILES string of the molecule is Cc1sc2nc(CSc3cccc(O)c3)nc(Cl)c2c1C. The first-order chi connectivity index (χ1) is 10.0. The number of halogens is 1. The Morgan fingerprint density at radius 1 is 1.29 bits per heavy atom. The van der Waals surface area contributed by atoms with Crippen LogP contribution in [0.1, 0.15) is 16.3 Å². The summed E-state index contributed by atoms with van der Waals surface area (Å²) in [7, 11) is 0. The Morgan fingerprint density at radius 2 is 2.10 bits per heavy atom. The number of rotatable bonds is 3. The van der Waals surface area contributed by atoms with E-state index in [0.29, 0.717) is 16.7 Å². The number of phenolic OH excluding ortho intramolecular Hbond substituents is 1. The fourth-order valence-corrected chi connectivity index (χ4v) is 4.26. The molecule has 0 saturated carbocycles. The largest absolute Gasteiger partial charge is 0.508 e. The van der Waals surface area contributed by atoms with Gasteiger partial charge in [0, 0.05) is 9.77 Å². The van der Waals surface area contributed by atoms with Crippen LogP contribution in [-0.2, 0) is 5.75 Å². The van der Waals surface area contributed by atoms with E-state index >= 15 is 0 Å². The summed E-state index contributed by atoms with van der Waals surface area (Å²) in [4.78, 5) is 12.1. The summed E-state index contributed by atoms with van der Waals surface area (Å²) in [5, 5.41) is 10.9. The van der Waals surface area contributed by atoms with Crippen molar-refractivity contribution in [2.45, 2.75) is 24.5 Å². The Labute approximate surface area is 136 Å².